The van der Waals surface area contributed by atoms with Crippen molar-refractivity contribution in [3.05, 3.63) is 53.8 Å². The second-order valence-corrected chi connectivity index (χ2v) is 10.0. The fourth-order valence-electron chi connectivity index (χ4n) is 3.37. The van der Waals surface area contributed by atoms with Crippen LogP contribution in [0, 0.1) is 5.82 Å². The SMILES string of the molecule is CC(C)Sc1cccc(C(=O)N(CC2CCCO2)c2nc3ccc(F)cc3s2)c1. The topological polar surface area (TPSA) is 42.4 Å². The molecule has 7 heteroatoms. The molecule has 1 aliphatic rings. The summed E-state index contributed by atoms with van der Waals surface area (Å²) in [4.78, 5) is 20.8. The van der Waals surface area contributed by atoms with Crippen LogP contribution in [0.3, 0.4) is 0 Å². The van der Waals surface area contributed by atoms with E-state index in [4.69, 9.17) is 4.74 Å². The van der Waals surface area contributed by atoms with Crippen LogP contribution < -0.4 is 4.90 Å². The Morgan fingerprint density at radius 2 is 2.21 bits per heavy atom. The van der Waals surface area contributed by atoms with Crippen molar-refractivity contribution in [2.75, 3.05) is 18.1 Å². The Bertz CT molecular complexity index is 1010. The third-order valence-corrected chi connectivity index (χ3v) is 6.72. The third kappa shape index (κ3) is 4.79. The number of nitrogens with zero attached hydrogens (tertiary/aromatic N) is 2. The molecule has 0 spiro atoms. The predicted molar refractivity (Wildman–Crippen MR) is 118 cm³/mol. The Morgan fingerprint density at radius 1 is 1.34 bits per heavy atom. The van der Waals surface area contributed by atoms with Gasteiger partial charge in [0.25, 0.3) is 5.91 Å². The molecular weight excluding hydrogens is 407 g/mol. The summed E-state index contributed by atoms with van der Waals surface area (Å²) in [5.74, 6) is -0.408. The van der Waals surface area contributed by atoms with Crippen molar-refractivity contribution in [2.45, 2.75) is 42.9 Å². The van der Waals surface area contributed by atoms with E-state index < -0.39 is 0 Å². The zero-order valence-corrected chi connectivity index (χ0v) is 18.1. The van der Waals surface area contributed by atoms with E-state index in [0.717, 1.165) is 29.0 Å². The minimum atomic E-state index is -0.303. The molecule has 1 atom stereocenters. The van der Waals surface area contributed by atoms with Gasteiger partial charge < -0.3 is 4.74 Å². The lowest BCUT2D eigenvalue weighted by Gasteiger charge is -2.23. The standard InChI is InChI=1S/C22H23FN2O2S2/c1-14(2)28-18-7-3-5-15(11-18)21(26)25(13-17-6-4-10-27-17)22-24-19-9-8-16(23)12-20(19)29-22/h3,5,7-9,11-12,14,17H,4,6,10,13H2,1-2H3. The van der Waals surface area contributed by atoms with Crippen LogP contribution in [0.25, 0.3) is 10.2 Å². The Kier molecular flexibility index (Phi) is 6.18. The summed E-state index contributed by atoms with van der Waals surface area (Å²) >= 11 is 3.06. The fraction of sp³-hybridized carbons (Fsp3) is 0.364. The maximum atomic E-state index is 13.6. The van der Waals surface area contributed by atoms with Crippen molar-refractivity contribution in [1.82, 2.24) is 4.98 Å². The number of hydrogen-bond donors (Lipinski definition) is 0. The van der Waals surface area contributed by atoms with Crippen molar-refractivity contribution >= 4 is 44.4 Å². The number of carbonyl (C=O) groups is 1. The first-order valence-corrected chi connectivity index (χ1v) is 11.5. The highest BCUT2D eigenvalue weighted by molar-refractivity contribution is 7.99. The summed E-state index contributed by atoms with van der Waals surface area (Å²) < 4.78 is 20.1. The van der Waals surface area contributed by atoms with Gasteiger partial charge in [-0.15, -0.1) is 11.8 Å². The lowest BCUT2D eigenvalue weighted by Crippen LogP contribution is -2.37. The molecule has 29 heavy (non-hydrogen) atoms. The normalized spacial score (nSPS) is 16.6. The molecule has 2 aromatic carbocycles. The highest BCUT2D eigenvalue weighted by atomic mass is 32.2. The second kappa shape index (κ2) is 8.81. The zero-order valence-electron chi connectivity index (χ0n) is 16.4. The molecule has 1 saturated heterocycles. The lowest BCUT2D eigenvalue weighted by molar-refractivity contribution is 0.0917. The minimum Gasteiger partial charge on any atom is -0.376 e. The van der Waals surface area contributed by atoms with Gasteiger partial charge in [-0.05, 0) is 49.2 Å². The summed E-state index contributed by atoms with van der Waals surface area (Å²) in [6.45, 7) is 5.42. The molecule has 0 aliphatic carbocycles. The van der Waals surface area contributed by atoms with Crippen molar-refractivity contribution in [1.29, 1.82) is 0 Å². The Morgan fingerprint density at radius 3 is 2.97 bits per heavy atom. The van der Waals surface area contributed by atoms with Crippen LogP contribution >= 0.6 is 23.1 Å². The number of benzene rings is 2. The molecule has 4 rings (SSSR count). The molecule has 4 nitrogen and oxygen atoms in total. The zero-order chi connectivity index (χ0) is 20.4. The number of fused-ring (bicyclic) bond motifs is 1. The van der Waals surface area contributed by atoms with Crippen LogP contribution in [0.15, 0.2) is 47.4 Å². The molecule has 1 aromatic heterocycles. The summed E-state index contributed by atoms with van der Waals surface area (Å²) in [5.41, 5.74) is 1.32. The number of aromatic nitrogens is 1. The molecule has 1 fully saturated rings. The van der Waals surface area contributed by atoms with Gasteiger partial charge in [0, 0.05) is 22.3 Å². The highest BCUT2D eigenvalue weighted by Gasteiger charge is 2.27. The molecule has 0 N–H and O–H groups in total. The number of carbonyl (C=O) groups excluding carboxylic acids is 1. The molecule has 1 aliphatic heterocycles. The quantitative estimate of drug-likeness (QED) is 0.466. The van der Waals surface area contributed by atoms with Gasteiger partial charge in [0.15, 0.2) is 5.13 Å². The number of ether oxygens (including phenoxy) is 1. The smallest absolute Gasteiger partial charge is 0.260 e. The number of thioether (sulfide) groups is 1. The van der Waals surface area contributed by atoms with E-state index >= 15 is 0 Å². The average molecular weight is 431 g/mol. The summed E-state index contributed by atoms with van der Waals surface area (Å²) in [5, 5.41) is 1.01. The molecule has 2 heterocycles. The molecule has 0 saturated carbocycles. The molecule has 3 aromatic rings. The molecule has 0 radical (unpaired) electrons. The first-order valence-electron chi connectivity index (χ1n) is 9.76. The number of anilines is 1. The first-order chi connectivity index (χ1) is 14.0. The van der Waals surface area contributed by atoms with Crippen LogP contribution in [0.2, 0.25) is 0 Å². The van der Waals surface area contributed by atoms with Gasteiger partial charge in [-0.25, -0.2) is 9.37 Å². The van der Waals surface area contributed by atoms with E-state index in [1.165, 1.54) is 23.5 Å². The third-order valence-electron chi connectivity index (χ3n) is 4.68. The van der Waals surface area contributed by atoms with Crippen LogP contribution in [0.5, 0.6) is 0 Å². The van der Waals surface area contributed by atoms with Gasteiger partial charge in [-0.2, -0.15) is 0 Å². The maximum Gasteiger partial charge on any atom is 0.260 e. The van der Waals surface area contributed by atoms with Gasteiger partial charge in [0.2, 0.25) is 0 Å². The summed E-state index contributed by atoms with van der Waals surface area (Å²) in [6.07, 6.45) is 1.92. The molecule has 152 valence electrons. The predicted octanol–water partition coefficient (Wildman–Crippen LogP) is 5.76. The van der Waals surface area contributed by atoms with Gasteiger partial charge in [-0.1, -0.05) is 31.3 Å². The summed E-state index contributed by atoms with van der Waals surface area (Å²) in [6, 6.07) is 12.2. The highest BCUT2D eigenvalue weighted by Crippen LogP contribution is 2.32. The largest absolute Gasteiger partial charge is 0.376 e. The second-order valence-electron chi connectivity index (χ2n) is 7.35. The van der Waals surface area contributed by atoms with E-state index in [1.54, 1.807) is 22.7 Å². The number of hydrogen-bond acceptors (Lipinski definition) is 5. The minimum absolute atomic E-state index is 0.00378. The van der Waals surface area contributed by atoms with E-state index in [0.29, 0.717) is 28.0 Å². The van der Waals surface area contributed by atoms with Gasteiger partial charge in [0.1, 0.15) is 5.82 Å². The lowest BCUT2D eigenvalue weighted by atomic mass is 10.2. The Hall–Kier alpha value is -1.96. The number of amides is 1. The number of halogens is 1. The summed E-state index contributed by atoms with van der Waals surface area (Å²) in [7, 11) is 0. The van der Waals surface area contributed by atoms with Crippen LogP contribution in [-0.4, -0.2) is 35.4 Å². The van der Waals surface area contributed by atoms with Crippen molar-refractivity contribution < 1.29 is 13.9 Å². The van der Waals surface area contributed by atoms with Crippen molar-refractivity contribution in [2.24, 2.45) is 0 Å². The first kappa shape index (κ1) is 20.3. The van der Waals surface area contributed by atoms with Gasteiger partial charge in [-0.3, -0.25) is 9.69 Å². The Labute approximate surface area is 178 Å². The maximum absolute atomic E-state index is 13.6. The Balaban J connectivity index is 1.68. The van der Waals surface area contributed by atoms with Crippen LogP contribution in [-0.2, 0) is 4.74 Å². The van der Waals surface area contributed by atoms with Crippen LogP contribution in [0.1, 0.15) is 37.0 Å². The van der Waals surface area contributed by atoms with Crippen molar-refractivity contribution in [3.8, 4) is 0 Å². The van der Waals surface area contributed by atoms with Crippen LogP contribution in [0.4, 0.5) is 9.52 Å². The van der Waals surface area contributed by atoms with Gasteiger partial charge in [0.05, 0.1) is 22.9 Å². The van der Waals surface area contributed by atoms with E-state index in [-0.39, 0.29) is 17.8 Å². The molecule has 1 unspecified atom stereocenters. The van der Waals surface area contributed by atoms with Crippen molar-refractivity contribution in [3.63, 3.8) is 0 Å². The monoisotopic (exact) mass is 430 g/mol. The number of thiazole rings is 1. The van der Waals surface area contributed by atoms with E-state index in [2.05, 4.69) is 18.8 Å². The fourth-order valence-corrected chi connectivity index (χ4v) is 5.27. The average Bonchev–Trinajstić information content (AvgIpc) is 3.34. The molecule has 1 amide bonds. The van der Waals surface area contributed by atoms with E-state index in [9.17, 15) is 9.18 Å². The van der Waals surface area contributed by atoms with E-state index in [1.807, 2.05) is 24.3 Å². The molecular formula is C22H23FN2O2S2. The molecule has 0 bridgehead atoms. The van der Waals surface area contributed by atoms with Gasteiger partial charge >= 0.3 is 0 Å². The number of rotatable bonds is 6.